The van der Waals surface area contributed by atoms with Gasteiger partial charge in [-0.1, -0.05) is 6.92 Å². The van der Waals surface area contributed by atoms with Gasteiger partial charge < -0.3 is 14.5 Å². The Labute approximate surface area is 142 Å². The third-order valence-electron chi connectivity index (χ3n) is 3.83. The molecule has 23 heavy (non-hydrogen) atoms. The number of carbonyl (C=O) groups excluding carboxylic acids is 2. The van der Waals surface area contributed by atoms with E-state index in [1.807, 2.05) is 9.80 Å². The summed E-state index contributed by atoms with van der Waals surface area (Å²) in [5, 5.41) is 0. The SMILES string of the molecule is CCCSCC(=O)N1CCN(C(=O)c2ccc(OC)cc2)CC1. The molecular formula is C17H24N2O3S. The maximum absolute atomic E-state index is 12.5. The largest absolute Gasteiger partial charge is 0.497 e. The summed E-state index contributed by atoms with van der Waals surface area (Å²) in [5.74, 6) is 2.49. The van der Waals surface area contributed by atoms with Crippen LogP contribution in [0.1, 0.15) is 23.7 Å². The number of piperazine rings is 1. The molecule has 2 amide bonds. The first-order chi connectivity index (χ1) is 11.2. The molecular weight excluding hydrogens is 312 g/mol. The molecule has 2 rings (SSSR count). The van der Waals surface area contributed by atoms with Crippen molar-refractivity contribution in [3.63, 3.8) is 0 Å². The molecule has 0 N–H and O–H groups in total. The minimum atomic E-state index is 0.0140. The highest BCUT2D eigenvalue weighted by Crippen LogP contribution is 2.15. The summed E-state index contributed by atoms with van der Waals surface area (Å²) < 4.78 is 5.10. The quantitative estimate of drug-likeness (QED) is 0.747. The number of hydrogen-bond acceptors (Lipinski definition) is 4. The molecule has 5 nitrogen and oxygen atoms in total. The van der Waals surface area contributed by atoms with Gasteiger partial charge in [-0.2, -0.15) is 11.8 Å². The second-order valence-corrected chi connectivity index (χ2v) is 6.56. The summed E-state index contributed by atoms with van der Waals surface area (Å²) in [5.41, 5.74) is 0.657. The zero-order chi connectivity index (χ0) is 16.7. The summed E-state index contributed by atoms with van der Waals surface area (Å²) >= 11 is 1.68. The van der Waals surface area contributed by atoms with Gasteiger partial charge in [0.25, 0.3) is 5.91 Å². The molecule has 126 valence electrons. The normalized spacial score (nSPS) is 14.7. The molecule has 0 spiro atoms. The van der Waals surface area contributed by atoms with Crippen LogP contribution >= 0.6 is 11.8 Å². The van der Waals surface area contributed by atoms with E-state index >= 15 is 0 Å². The van der Waals surface area contributed by atoms with Crippen LogP contribution in [-0.4, -0.2) is 66.4 Å². The predicted molar refractivity (Wildman–Crippen MR) is 93.1 cm³/mol. The minimum absolute atomic E-state index is 0.0140. The Morgan fingerprint density at radius 3 is 2.26 bits per heavy atom. The Balaban J connectivity index is 1.83. The van der Waals surface area contributed by atoms with E-state index in [1.165, 1.54) is 0 Å². The van der Waals surface area contributed by atoms with Gasteiger partial charge in [-0.15, -0.1) is 0 Å². The van der Waals surface area contributed by atoms with Crippen molar-refractivity contribution in [1.29, 1.82) is 0 Å². The fraction of sp³-hybridized carbons (Fsp3) is 0.529. The Bertz CT molecular complexity index is 525. The van der Waals surface area contributed by atoms with Gasteiger partial charge in [0.1, 0.15) is 5.75 Å². The number of ether oxygens (including phenoxy) is 1. The van der Waals surface area contributed by atoms with Crippen molar-refractivity contribution in [3.8, 4) is 5.75 Å². The Morgan fingerprint density at radius 2 is 1.70 bits per heavy atom. The van der Waals surface area contributed by atoms with Crippen LogP contribution < -0.4 is 4.74 Å². The van der Waals surface area contributed by atoms with Gasteiger partial charge in [-0.3, -0.25) is 9.59 Å². The van der Waals surface area contributed by atoms with Crippen molar-refractivity contribution in [3.05, 3.63) is 29.8 Å². The smallest absolute Gasteiger partial charge is 0.253 e. The Morgan fingerprint density at radius 1 is 1.09 bits per heavy atom. The first kappa shape index (κ1) is 17.7. The van der Waals surface area contributed by atoms with Crippen LogP contribution in [0.3, 0.4) is 0 Å². The molecule has 0 bridgehead atoms. The second-order valence-electron chi connectivity index (χ2n) is 5.45. The van der Waals surface area contributed by atoms with E-state index in [1.54, 1.807) is 43.1 Å². The van der Waals surface area contributed by atoms with E-state index in [9.17, 15) is 9.59 Å². The van der Waals surface area contributed by atoms with Crippen LogP contribution in [0.25, 0.3) is 0 Å². The molecule has 1 aliphatic rings. The van der Waals surface area contributed by atoms with Crippen LogP contribution in [-0.2, 0) is 4.79 Å². The van der Waals surface area contributed by atoms with Crippen molar-refractivity contribution in [1.82, 2.24) is 9.80 Å². The highest BCUT2D eigenvalue weighted by atomic mass is 32.2. The number of hydrogen-bond donors (Lipinski definition) is 0. The summed E-state index contributed by atoms with van der Waals surface area (Å²) in [6.45, 7) is 4.53. The average molecular weight is 336 g/mol. The Kier molecular flexibility index (Phi) is 6.77. The molecule has 1 aromatic rings. The average Bonchev–Trinajstić information content (AvgIpc) is 2.61. The van der Waals surface area contributed by atoms with Gasteiger partial charge in [0.2, 0.25) is 5.91 Å². The van der Waals surface area contributed by atoms with E-state index in [4.69, 9.17) is 4.74 Å². The van der Waals surface area contributed by atoms with Crippen LogP contribution in [0.5, 0.6) is 5.75 Å². The number of benzene rings is 1. The molecule has 0 radical (unpaired) electrons. The number of amides is 2. The monoisotopic (exact) mass is 336 g/mol. The summed E-state index contributed by atoms with van der Waals surface area (Å²) in [7, 11) is 1.60. The van der Waals surface area contributed by atoms with Crippen LogP contribution in [0, 0.1) is 0 Å². The van der Waals surface area contributed by atoms with Gasteiger partial charge in [0.05, 0.1) is 12.9 Å². The van der Waals surface area contributed by atoms with Gasteiger partial charge in [0, 0.05) is 31.7 Å². The molecule has 0 saturated carbocycles. The molecule has 1 aliphatic heterocycles. The number of methoxy groups -OCH3 is 1. The van der Waals surface area contributed by atoms with Crippen molar-refractivity contribution < 1.29 is 14.3 Å². The third kappa shape index (κ3) is 4.89. The number of nitrogens with zero attached hydrogens (tertiary/aromatic N) is 2. The first-order valence-electron chi connectivity index (χ1n) is 7.94. The molecule has 0 atom stereocenters. The van der Waals surface area contributed by atoms with Crippen molar-refractivity contribution >= 4 is 23.6 Å². The molecule has 0 aromatic heterocycles. The fourth-order valence-corrected chi connectivity index (χ4v) is 3.26. The molecule has 1 fully saturated rings. The zero-order valence-corrected chi connectivity index (χ0v) is 14.6. The molecule has 0 aliphatic carbocycles. The van der Waals surface area contributed by atoms with E-state index < -0.39 is 0 Å². The standard InChI is InChI=1S/C17H24N2O3S/c1-3-12-23-13-16(20)18-8-10-19(11-9-18)17(21)14-4-6-15(22-2)7-5-14/h4-7H,3,8-13H2,1-2H3. The van der Waals surface area contributed by atoms with Crippen molar-refractivity contribution in [2.75, 3.05) is 44.8 Å². The number of rotatable bonds is 6. The molecule has 1 heterocycles. The maximum Gasteiger partial charge on any atom is 0.253 e. The zero-order valence-electron chi connectivity index (χ0n) is 13.8. The molecule has 1 saturated heterocycles. The summed E-state index contributed by atoms with van der Waals surface area (Å²) in [4.78, 5) is 28.2. The lowest BCUT2D eigenvalue weighted by Gasteiger charge is -2.34. The van der Waals surface area contributed by atoms with Gasteiger partial charge in [-0.05, 0) is 36.4 Å². The Hall–Kier alpha value is -1.69. The lowest BCUT2D eigenvalue weighted by Crippen LogP contribution is -2.51. The van der Waals surface area contributed by atoms with Crippen molar-refractivity contribution in [2.45, 2.75) is 13.3 Å². The lowest BCUT2D eigenvalue weighted by atomic mass is 10.1. The summed E-state index contributed by atoms with van der Waals surface area (Å²) in [6, 6.07) is 7.14. The third-order valence-corrected chi connectivity index (χ3v) is 4.98. The van der Waals surface area contributed by atoms with Crippen LogP contribution in [0.2, 0.25) is 0 Å². The van der Waals surface area contributed by atoms with E-state index in [0.29, 0.717) is 37.5 Å². The van der Waals surface area contributed by atoms with E-state index in [2.05, 4.69) is 6.92 Å². The van der Waals surface area contributed by atoms with Gasteiger partial charge >= 0.3 is 0 Å². The van der Waals surface area contributed by atoms with Crippen molar-refractivity contribution in [2.24, 2.45) is 0 Å². The highest BCUT2D eigenvalue weighted by molar-refractivity contribution is 7.99. The highest BCUT2D eigenvalue weighted by Gasteiger charge is 2.24. The van der Waals surface area contributed by atoms with Crippen LogP contribution in [0.15, 0.2) is 24.3 Å². The van der Waals surface area contributed by atoms with Gasteiger partial charge in [0.15, 0.2) is 0 Å². The predicted octanol–water partition coefficient (Wildman–Crippen LogP) is 2.12. The molecule has 1 aromatic carbocycles. The summed E-state index contributed by atoms with van der Waals surface area (Å²) in [6.07, 6.45) is 1.09. The fourth-order valence-electron chi connectivity index (χ4n) is 2.47. The molecule has 0 unspecified atom stereocenters. The molecule has 6 heteroatoms. The first-order valence-corrected chi connectivity index (χ1v) is 9.10. The number of thioether (sulfide) groups is 1. The van der Waals surface area contributed by atoms with E-state index in [-0.39, 0.29) is 11.8 Å². The van der Waals surface area contributed by atoms with E-state index in [0.717, 1.165) is 17.9 Å². The topological polar surface area (TPSA) is 49.9 Å². The number of carbonyl (C=O) groups is 2. The minimum Gasteiger partial charge on any atom is -0.497 e. The second kappa shape index (κ2) is 8.82. The maximum atomic E-state index is 12.5. The van der Waals surface area contributed by atoms with Gasteiger partial charge in [-0.25, -0.2) is 0 Å². The van der Waals surface area contributed by atoms with Crippen LogP contribution in [0.4, 0.5) is 0 Å². The lowest BCUT2D eigenvalue weighted by molar-refractivity contribution is -0.129.